The number of rotatable bonds is 7. The second kappa shape index (κ2) is 6.92. The van der Waals surface area contributed by atoms with Gasteiger partial charge in [-0.15, -0.1) is 0 Å². The van der Waals surface area contributed by atoms with Crippen LogP contribution in [0.25, 0.3) is 0 Å². The highest BCUT2D eigenvalue weighted by Crippen LogP contribution is 2.44. The molecule has 2 rings (SSSR count). The van der Waals surface area contributed by atoms with Crippen LogP contribution in [-0.2, 0) is 9.36 Å². The van der Waals surface area contributed by atoms with Gasteiger partial charge in [-0.2, -0.15) is 5.09 Å². The van der Waals surface area contributed by atoms with Crippen molar-refractivity contribution in [2.75, 3.05) is 6.54 Å². The summed E-state index contributed by atoms with van der Waals surface area (Å²) in [5.41, 5.74) is 0. The van der Waals surface area contributed by atoms with E-state index in [4.69, 9.17) is 14.2 Å². The molecule has 0 heterocycles. The Hall–Kier alpha value is -2.30. The third-order valence-corrected chi connectivity index (χ3v) is 3.81. The molecular weight excluding hydrogens is 293 g/mol. The van der Waals surface area contributed by atoms with E-state index in [1.165, 1.54) is 0 Å². The predicted octanol–water partition coefficient (Wildman–Crippen LogP) is 2.93. The molecule has 0 fully saturated rings. The normalized spacial score (nSPS) is 10.9. The standard InChI is InChI=1S/C14H14NO5P/c16-14(17)11-15-21(18,19-12-7-3-1-4-8-12)20-13-9-5-2-6-10-13/h1-10H,11H2,(H,15,18)(H,16,17). The number of aliphatic carboxylic acids is 1. The average molecular weight is 307 g/mol. The minimum absolute atomic E-state index is 0.314. The lowest BCUT2D eigenvalue weighted by Crippen LogP contribution is -2.24. The minimum atomic E-state index is -3.85. The number of para-hydroxylation sites is 2. The fourth-order valence-corrected chi connectivity index (χ4v) is 2.78. The highest BCUT2D eigenvalue weighted by Gasteiger charge is 2.29. The summed E-state index contributed by atoms with van der Waals surface area (Å²) >= 11 is 0. The molecule has 21 heavy (non-hydrogen) atoms. The summed E-state index contributed by atoms with van der Waals surface area (Å²) in [6, 6.07) is 16.8. The zero-order chi connectivity index (χ0) is 15.1. The van der Waals surface area contributed by atoms with Crippen molar-refractivity contribution in [2.24, 2.45) is 0 Å². The van der Waals surface area contributed by atoms with Crippen LogP contribution in [0.1, 0.15) is 0 Å². The first-order valence-corrected chi connectivity index (χ1v) is 7.68. The maximum atomic E-state index is 12.6. The van der Waals surface area contributed by atoms with E-state index in [0.29, 0.717) is 11.5 Å². The molecule has 0 bridgehead atoms. The molecule has 0 saturated carbocycles. The zero-order valence-corrected chi connectivity index (χ0v) is 11.9. The Labute approximate surface area is 121 Å². The molecule has 0 amide bonds. The molecule has 2 aromatic carbocycles. The smallest absolute Gasteiger partial charge is 0.480 e. The molecule has 7 heteroatoms. The largest absolute Gasteiger partial charge is 0.513 e. The highest BCUT2D eigenvalue weighted by atomic mass is 31.2. The first-order valence-electron chi connectivity index (χ1n) is 6.14. The van der Waals surface area contributed by atoms with Gasteiger partial charge in [0.25, 0.3) is 0 Å². The molecule has 0 spiro atoms. The van der Waals surface area contributed by atoms with Crippen molar-refractivity contribution >= 4 is 13.7 Å². The maximum Gasteiger partial charge on any atom is 0.513 e. The summed E-state index contributed by atoms with van der Waals surface area (Å²) in [5, 5.41) is 11.0. The molecule has 2 N–H and O–H groups in total. The number of carboxylic acid groups (broad SMARTS) is 1. The van der Waals surface area contributed by atoms with Crippen LogP contribution in [-0.4, -0.2) is 17.6 Å². The molecule has 2 aromatic rings. The van der Waals surface area contributed by atoms with E-state index in [-0.39, 0.29) is 0 Å². The molecule has 0 radical (unpaired) electrons. The lowest BCUT2D eigenvalue weighted by molar-refractivity contribution is -0.135. The summed E-state index contributed by atoms with van der Waals surface area (Å²) in [4.78, 5) is 10.7. The van der Waals surface area contributed by atoms with Crippen molar-refractivity contribution < 1.29 is 23.5 Å². The molecule has 0 aliphatic rings. The van der Waals surface area contributed by atoms with Crippen molar-refractivity contribution in [3.05, 3.63) is 60.7 Å². The van der Waals surface area contributed by atoms with Crippen LogP contribution in [0.3, 0.4) is 0 Å². The summed E-state index contributed by atoms with van der Waals surface area (Å²) in [6.07, 6.45) is 0. The van der Waals surface area contributed by atoms with Gasteiger partial charge in [-0.1, -0.05) is 36.4 Å². The van der Waals surface area contributed by atoms with Crippen LogP contribution in [0.4, 0.5) is 0 Å². The van der Waals surface area contributed by atoms with Gasteiger partial charge >= 0.3 is 13.7 Å². The Morgan fingerprint density at radius 3 is 1.76 bits per heavy atom. The van der Waals surface area contributed by atoms with Gasteiger partial charge in [-0.3, -0.25) is 4.79 Å². The van der Waals surface area contributed by atoms with Crippen LogP contribution in [0.2, 0.25) is 0 Å². The quantitative estimate of drug-likeness (QED) is 0.765. The van der Waals surface area contributed by atoms with Crippen LogP contribution < -0.4 is 14.1 Å². The zero-order valence-electron chi connectivity index (χ0n) is 11.0. The molecule has 0 aliphatic carbocycles. The molecular formula is C14H14NO5P. The second-order valence-corrected chi connectivity index (χ2v) is 5.71. The Bertz CT molecular complexity index is 587. The molecule has 110 valence electrons. The minimum Gasteiger partial charge on any atom is -0.480 e. The molecule has 0 atom stereocenters. The lowest BCUT2D eigenvalue weighted by Gasteiger charge is -2.19. The maximum absolute atomic E-state index is 12.6. The van der Waals surface area contributed by atoms with E-state index in [0.717, 1.165) is 0 Å². The van der Waals surface area contributed by atoms with Crippen LogP contribution in [0, 0.1) is 0 Å². The first kappa shape index (κ1) is 15.1. The third kappa shape index (κ3) is 4.95. The Morgan fingerprint density at radius 2 is 1.38 bits per heavy atom. The van der Waals surface area contributed by atoms with E-state index in [1.54, 1.807) is 60.7 Å². The predicted molar refractivity (Wildman–Crippen MR) is 77.4 cm³/mol. The highest BCUT2D eigenvalue weighted by molar-refractivity contribution is 7.52. The van der Waals surface area contributed by atoms with Gasteiger partial charge < -0.3 is 14.2 Å². The molecule has 0 aromatic heterocycles. The van der Waals surface area contributed by atoms with Gasteiger partial charge in [-0.25, -0.2) is 4.57 Å². The molecule has 0 aliphatic heterocycles. The van der Waals surface area contributed by atoms with E-state index in [9.17, 15) is 9.36 Å². The van der Waals surface area contributed by atoms with E-state index >= 15 is 0 Å². The summed E-state index contributed by atoms with van der Waals surface area (Å²) in [6.45, 7) is -0.545. The second-order valence-electron chi connectivity index (χ2n) is 4.03. The van der Waals surface area contributed by atoms with Crippen LogP contribution in [0.15, 0.2) is 60.7 Å². The topological polar surface area (TPSA) is 84.9 Å². The van der Waals surface area contributed by atoms with Crippen molar-refractivity contribution in [2.45, 2.75) is 0 Å². The number of nitrogens with one attached hydrogen (secondary N) is 1. The van der Waals surface area contributed by atoms with E-state index in [1.807, 2.05) is 0 Å². The van der Waals surface area contributed by atoms with E-state index in [2.05, 4.69) is 5.09 Å². The summed E-state index contributed by atoms with van der Waals surface area (Å²) in [5.74, 6) is -0.534. The number of benzene rings is 2. The Kier molecular flexibility index (Phi) is 4.98. The van der Waals surface area contributed by atoms with Gasteiger partial charge in [0.15, 0.2) is 0 Å². The Morgan fingerprint density at radius 1 is 0.952 bits per heavy atom. The number of carbonyl (C=O) groups is 1. The van der Waals surface area contributed by atoms with Crippen molar-refractivity contribution in [1.29, 1.82) is 0 Å². The fraction of sp³-hybridized carbons (Fsp3) is 0.0714. The fourth-order valence-electron chi connectivity index (χ4n) is 1.49. The lowest BCUT2D eigenvalue weighted by atomic mass is 10.3. The monoisotopic (exact) mass is 307 g/mol. The van der Waals surface area contributed by atoms with Gasteiger partial charge in [0, 0.05) is 0 Å². The SMILES string of the molecule is O=C(O)CNP(=O)(Oc1ccccc1)Oc1ccccc1. The molecule has 0 unspecified atom stereocenters. The van der Waals surface area contributed by atoms with E-state index < -0.39 is 20.3 Å². The van der Waals surface area contributed by atoms with Crippen molar-refractivity contribution in [1.82, 2.24) is 5.09 Å². The average Bonchev–Trinajstić information content (AvgIpc) is 2.47. The van der Waals surface area contributed by atoms with Gasteiger partial charge in [0.05, 0.1) is 0 Å². The van der Waals surface area contributed by atoms with Crippen LogP contribution in [0.5, 0.6) is 11.5 Å². The molecule has 6 nitrogen and oxygen atoms in total. The van der Waals surface area contributed by atoms with Gasteiger partial charge in [0.1, 0.15) is 18.0 Å². The first-order chi connectivity index (χ1) is 10.1. The summed E-state index contributed by atoms with van der Waals surface area (Å²) in [7, 11) is -3.85. The molecule has 0 saturated heterocycles. The number of carboxylic acids is 1. The van der Waals surface area contributed by atoms with Crippen molar-refractivity contribution in [3.8, 4) is 11.5 Å². The van der Waals surface area contributed by atoms with Gasteiger partial charge in [-0.05, 0) is 24.3 Å². The summed E-state index contributed by atoms with van der Waals surface area (Å²) < 4.78 is 23.3. The third-order valence-electron chi connectivity index (χ3n) is 2.36. The number of hydrogen-bond donors (Lipinski definition) is 2. The Balaban J connectivity index is 2.17. The van der Waals surface area contributed by atoms with Crippen molar-refractivity contribution in [3.63, 3.8) is 0 Å². The van der Waals surface area contributed by atoms with Gasteiger partial charge in [0.2, 0.25) is 0 Å². The number of hydrogen-bond acceptors (Lipinski definition) is 4. The van der Waals surface area contributed by atoms with Crippen LogP contribution >= 0.6 is 7.75 Å².